The number of benzene rings is 3. The van der Waals surface area contributed by atoms with E-state index in [1.807, 2.05) is 0 Å². The minimum absolute atomic E-state index is 0.223. The molecule has 4 aromatic rings. The van der Waals surface area contributed by atoms with Crippen LogP contribution in [0.4, 0.5) is 0 Å². The second kappa shape index (κ2) is 5.56. The molecule has 5 rings (SSSR count). The molecule has 134 valence electrons. The van der Waals surface area contributed by atoms with Crippen molar-refractivity contribution in [2.75, 3.05) is 0 Å². The molecule has 0 atom stereocenters. The number of pyridine rings is 1. The molecule has 2 heterocycles. The maximum Gasteiger partial charge on any atom is 0.154 e. The van der Waals surface area contributed by atoms with E-state index in [1.165, 1.54) is 27.3 Å². The van der Waals surface area contributed by atoms with E-state index in [-0.39, 0.29) is 5.41 Å². The second-order valence-corrected chi connectivity index (χ2v) is 8.77. The van der Waals surface area contributed by atoms with E-state index in [4.69, 9.17) is 9.72 Å². The number of ether oxygens (including phenoxy) is 1. The number of fused-ring (bicyclic) bond motifs is 3. The van der Waals surface area contributed by atoms with Gasteiger partial charge in [-0.05, 0) is 53.5 Å². The van der Waals surface area contributed by atoms with Crippen LogP contribution in [0.5, 0.6) is 11.5 Å². The third-order valence-corrected chi connectivity index (χ3v) is 5.33. The van der Waals surface area contributed by atoms with Crippen LogP contribution in [0.3, 0.4) is 0 Å². The van der Waals surface area contributed by atoms with Crippen molar-refractivity contribution in [2.45, 2.75) is 34.1 Å². The van der Waals surface area contributed by atoms with Gasteiger partial charge in [0.1, 0.15) is 11.4 Å². The smallest absolute Gasteiger partial charge is 0.154 e. The molecule has 3 aromatic carbocycles. The van der Waals surface area contributed by atoms with Gasteiger partial charge in [0, 0.05) is 16.3 Å². The van der Waals surface area contributed by atoms with E-state index in [9.17, 15) is 0 Å². The molecule has 0 radical (unpaired) electrons. The molecule has 0 saturated carbocycles. The first-order valence-corrected chi connectivity index (χ1v) is 9.54. The van der Waals surface area contributed by atoms with Crippen LogP contribution in [-0.4, -0.2) is 4.98 Å². The number of hydrogen-bond donors (Lipinski definition) is 0. The summed E-state index contributed by atoms with van der Waals surface area (Å²) >= 11 is 0. The van der Waals surface area contributed by atoms with E-state index < -0.39 is 0 Å². The standard InChI is InChI=1S/C25H23NO/c1-15-11-12-18-23-17(15)8-6-10-21(23)27-22-13-19-16(14-25(2,3)4)7-5-9-20(19)26-24(18)22/h5-13H,14H2,1-4H3. The molecule has 0 fully saturated rings. The Morgan fingerprint density at radius 1 is 0.889 bits per heavy atom. The van der Waals surface area contributed by atoms with Gasteiger partial charge in [0.05, 0.1) is 5.52 Å². The number of nitrogens with zero attached hydrogens (tertiary/aromatic N) is 1. The van der Waals surface area contributed by atoms with E-state index in [2.05, 4.69) is 82.3 Å². The van der Waals surface area contributed by atoms with E-state index in [0.717, 1.165) is 34.7 Å². The Labute approximate surface area is 159 Å². The molecule has 0 N–H and O–H groups in total. The number of aromatic nitrogens is 1. The van der Waals surface area contributed by atoms with E-state index in [0.29, 0.717) is 0 Å². The highest BCUT2D eigenvalue weighted by Gasteiger charge is 2.23. The van der Waals surface area contributed by atoms with Crippen molar-refractivity contribution in [1.29, 1.82) is 0 Å². The Hall–Kier alpha value is -2.87. The van der Waals surface area contributed by atoms with Crippen LogP contribution in [0, 0.1) is 12.3 Å². The largest absolute Gasteiger partial charge is 0.454 e. The van der Waals surface area contributed by atoms with Gasteiger partial charge in [0.25, 0.3) is 0 Å². The lowest BCUT2D eigenvalue weighted by atomic mass is 9.86. The average molecular weight is 353 g/mol. The summed E-state index contributed by atoms with van der Waals surface area (Å²) in [5.74, 6) is 1.78. The monoisotopic (exact) mass is 353 g/mol. The minimum atomic E-state index is 0.223. The van der Waals surface area contributed by atoms with Crippen molar-refractivity contribution in [3.05, 3.63) is 65.7 Å². The van der Waals surface area contributed by atoms with Crippen LogP contribution in [0.1, 0.15) is 31.9 Å². The lowest BCUT2D eigenvalue weighted by Crippen LogP contribution is -2.09. The predicted molar refractivity (Wildman–Crippen MR) is 113 cm³/mol. The highest BCUT2D eigenvalue weighted by molar-refractivity contribution is 6.05. The number of aryl methyl sites for hydroxylation is 1. The van der Waals surface area contributed by atoms with Crippen LogP contribution in [0.25, 0.3) is 32.9 Å². The predicted octanol–water partition coefficient (Wildman–Crippen LogP) is 7.06. The van der Waals surface area contributed by atoms with Crippen LogP contribution < -0.4 is 4.74 Å². The van der Waals surface area contributed by atoms with Crippen LogP contribution in [0.2, 0.25) is 0 Å². The molecule has 1 aliphatic heterocycles. The van der Waals surface area contributed by atoms with Crippen molar-refractivity contribution in [1.82, 2.24) is 4.98 Å². The molecule has 27 heavy (non-hydrogen) atoms. The fourth-order valence-electron chi connectivity index (χ4n) is 4.15. The molecule has 0 spiro atoms. The molecule has 0 bridgehead atoms. The maximum absolute atomic E-state index is 6.34. The van der Waals surface area contributed by atoms with Crippen LogP contribution in [-0.2, 0) is 6.42 Å². The molecule has 2 heteroatoms. The zero-order valence-electron chi connectivity index (χ0n) is 16.3. The highest BCUT2D eigenvalue weighted by atomic mass is 16.5. The Bertz CT molecular complexity index is 1210. The Kier molecular flexibility index (Phi) is 3.36. The van der Waals surface area contributed by atoms with E-state index in [1.54, 1.807) is 0 Å². The van der Waals surface area contributed by atoms with Crippen LogP contribution >= 0.6 is 0 Å². The first-order chi connectivity index (χ1) is 12.9. The summed E-state index contributed by atoms with van der Waals surface area (Å²) in [5.41, 5.74) is 5.95. The minimum Gasteiger partial charge on any atom is -0.454 e. The van der Waals surface area contributed by atoms with Gasteiger partial charge in [-0.25, -0.2) is 4.98 Å². The Morgan fingerprint density at radius 3 is 2.52 bits per heavy atom. The van der Waals surface area contributed by atoms with Gasteiger partial charge in [-0.15, -0.1) is 0 Å². The molecule has 1 aliphatic rings. The topological polar surface area (TPSA) is 22.1 Å². The molecular weight excluding hydrogens is 330 g/mol. The third kappa shape index (κ3) is 2.59. The van der Waals surface area contributed by atoms with Crippen molar-refractivity contribution in [2.24, 2.45) is 5.41 Å². The third-order valence-electron chi connectivity index (χ3n) is 5.33. The summed E-state index contributed by atoms with van der Waals surface area (Å²) in [6, 6.07) is 19.3. The second-order valence-electron chi connectivity index (χ2n) is 8.77. The number of rotatable bonds is 1. The molecule has 0 unspecified atom stereocenters. The zero-order chi connectivity index (χ0) is 18.8. The fourth-order valence-corrected chi connectivity index (χ4v) is 4.15. The van der Waals surface area contributed by atoms with Gasteiger partial charge in [0.15, 0.2) is 5.75 Å². The average Bonchev–Trinajstić information content (AvgIpc) is 2.62. The molecular formula is C25H23NO. The van der Waals surface area contributed by atoms with Crippen molar-refractivity contribution in [3.8, 4) is 22.8 Å². The maximum atomic E-state index is 6.34. The quantitative estimate of drug-likeness (QED) is 0.322. The van der Waals surface area contributed by atoms with Gasteiger partial charge in [-0.2, -0.15) is 0 Å². The molecule has 0 saturated heterocycles. The first kappa shape index (κ1) is 16.3. The summed E-state index contributed by atoms with van der Waals surface area (Å²) in [6.45, 7) is 8.96. The zero-order valence-corrected chi connectivity index (χ0v) is 16.3. The number of hydrogen-bond acceptors (Lipinski definition) is 2. The summed E-state index contributed by atoms with van der Waals surface area (Å²) in [5, 5.41) is 3.59. The molecule has 0 aliphatic carbocycles. The summed E-state index contributed by atoms with van der Waals surface area (Å²) in [6.07, 6.45) is 1.01. The van der Waals surface area contributed by atoms with Crippen molar-refractivity contribution in [3.63, 3.8) is 0 Å². The highest BCUT2D eigenvalue weighted by Crippen LogP contribution is 2.47. The first-order valence-electron chi connectivity index (χ1n) is 9.54. The lowest BCUT2D eigenvalue weighted by Gasteiger charge is -2.23. The molecule has 0 amide bonds. The van der Waals surface area contributed by atoms with Gasteiger partial charge in [-0.3, -0.25) is 0 Å². The van der Waals surface area contributed by atoms with Gasteiger partial charge in [0.2, 0.25) is 0 Å². The molecule has 2 nitrogen and oxygen atoms in total. The van der Waals surface area contributed by atoms with Crippen molar-refractivity contribution < 1.29 is 4.74 Å². The van der Waals surface area contributed by atoms with Gasteiger partial charge in [-0.1, -0.05) is 57.2 Å². The normalized spacial score (nSPS) is 12.9. The van der Waals surface area contributed by atoms with Crippen LogP contribution in [0.15, 0.2) is 54.6 Å². The molecule has 1 aromatic heterocycles. The van der Waals surface area contributed by atoms with Gasteiger partial charge < -0.3 is 4.74 Å². The SMILES string of the molecule is Cc1ccc2c3c(cccc13)Oc1cc3c(CC(C)(C)C)cccc3nc1-2. The summed E-state index contributed by atoms with van der Waals surface area (Å²) in [7, 11) is 0. The Balaban J connectivity index is 1.79. The fraction of sp³-hybridized carbons (Fsp3) is 0.240. The lowest BCUT2D eigenvalue weighted by molar-refractivity contribution is 0.412. The van der Waals surface area contributed by atoms with Crippen molar-refractivity contribution >= 4 is 21.7 Å². The van der Waals surface area contributed by atoms with E-state index >= 15 is 0 Å². The summed E-state index contributed by atoms with van der Waals surface area (Å²) in [4.78, 5) is 5.04. The van der Waals surface area contributed by atoms with Gasteiger partial charge >= 0.3 is 0 Å². The Morgan fingerprint density at radius 2 is 1.70 bits per heavy atom. The summed E-state index contributed by atoms with van der Waals surface area (Å²) < 4.78 is 6.34.